The highest BCUT2D eigenvalue weighted by atomic mass is 35.5. The van der Waals surface area contributed by atoms with Crippen LogP contribution in [0.4, 0.5) is 4.39 Å². The van der Waals surface area contributed by atoms with Gasteiger partial charge < -0.3 is 18.8 Å². The Morgan fingerprint density at radius 1 is 1.20 bits per heavy atom. The number of benzene rings is 1. The number of carbonyl (C=O) groups is 1. The van der Waals surface area contributed by atoms with Crippen LogP contribution in [0.25, 0.3) is 0 Å². The fourth-order valence-corrected chi connectivity index (χ4v) is 5.37. The number of rotatable bonds is 12. The van der Waals surface area contributed by atoms with Gasteiger partial charge in [0.15, 0.2) is 0 Å². The van der Waals surface area contributed by atoms with Crippen LogP contribution in [0.15, 0.2) is 42.6 Å². The number of hydrogen-bond acceptors (Lipinski definition) is 7. The molecule has 8 nitrogen and oxygen atoms in total. The maximum atomic E-state index is 14.1. The Hall–Kier alpha value is -3.01. The molecule has 214 valence electrons. The highest BCUT2D eigenvalue weighted by molar-refractivity contribution is 6.30. The topological polar surface area (TPSA) is 78.7 Å². The summed E-state index contributed by atoms with van der Waals surface area (Å²) in [5.74, 6) is 1.26. The molecule has 2 aliphatic heterocycles. The lowest BCUT2D eigenvalue weighted by Gasteiger charge is -2.32. The molecule has 3 aromatic rings. The maximum Gasteiger partial charge on any atom is 0.306 e. The van der Waals surface area contributed by atoms with E-state index in [9.17, 15) is 9.18 Å². The van der Waals surface area contributed by atoms with Crippen molar-refractivity contribution in [3.05, 3.63) is 76.2 Å². The van der Waals surface area contributed by atoms with E-state index in [-0.39, 0.29) is 24.5 Å². The van der Waals surface area contributed by atoms with E-state index >= 15 is 0 Å². The molecule has 0 N–H and O–H groups in total. The normalized spacial score (nSPS) is 17.9. The molecule has 2 fully saturated rings. The van der Waals surface area contributed by atoms with Crippen molar-refractivity contribution in [1.82, 2.24) is 19.4 Å². The van der Waals surface area contributed by atoms with Crippen LogP contribution in [-0.2, 0) is 40.4 Å². The number of likely N-dealkylation sites (tertiary alicyclic amines) is 1. The number of hydrogen-bond donors (Lipinski definition) is 0. The van der Waals surface area contributed by atoms with Crippen LogP contribution in [0.1, 0.15) is 61.3 Å². The first kappa shape index (κ1) is 28.5. The quantitative estimate of drug-likeness (QED) is 0.273. The van der Waals surface area contributed by atoms with E-state index in [1.807, 2.05) is 25.3 Å². The average molecular weight is 571 g/mol. The fourth-order valence-electron chi connectivity index (χ4n) is 5.21. The highest BCUT2D eigenvalue weighted by Crippen LogP contribution is 2.29. The summed E-state index contributed by atoms with van der Waals surface area (Å²) in [6.45, 7) is 6.49. The van der Waals surface area contributed by atoms with Gasteiger partial charge >= 0.3 is 5.97 Å². The zero-order chi connectivity index (χ0) is 27.9. The standard InChI is InChI=1S/C30H36ClFN4O4/c1-2-38-30(37)9-8-24-17-33-28(36(24)18-25-12-15-39-25)19-35-13-10-21(11-14-35)27-4-3-5-29(34-27)40-20-22-6-7-23(31)16-26(22)32/h3-7,16-17,21,25H,2,8-15,18-20H2,1H3. The number of halogens is 2. The molecule has 2 aromatic heterocycles. The Kier molecular flexibility index (Phi) is 9.67. The summed E-state index contributed by atoms with van der Waals surface area (Å²) in [6.07, 6.45) is 6.05. The first-order valence-corrected chi connectivity index (χ1v) is 14.4. The lowest BCUT2D eigenvalue weighted by Crippen LogP contribution is -2.36. The molecule has 5 rings (SSSR count). The molecule has 2 aliphatic rings. The van der Waals surface area contributed by atoms with E-state index in [1.54, 1.807) is 18.2 Å². The van der Waals surface area contributed by atoms with Crippen LogP contribution in [0.2, 0.25) is 5.02 Å². The molecule has 0 aliphatic carbocycles. The SMILES string of the molecule is CCOC(=O)CCc1cnc(CN2CCC(c3cccc(OCc4ccc(Cl)cc4F)n3)CC2)n1CC1CCO1. The fraction of sp³-hybridized carbons (Fsp3) is 0.500. The Labute approximate surface area is 239 Å². The second-order valence-electron chi connectivity index (χ2n) is 10.3. The van der Waals surface area contributed by atoms with Crippen LogP contribution >= 0.6 is 11.6 Å². The number of pyridine rings is 1. The molecule has 40 heavy (non-hydrogen) atoms. The number of nitrogens with zero attached hydrogens (tertiary/aromatic N) is 4. The first-order chi connectivity index (χ1) is 19.5. The van der Waals surface area contributed by atoms with Crippen molar-refractivity contribution in [1.29, 1.82) is 0 Å². The van der Waals surface area contributed by atoms with Gasteiger partial charge in [0.25, 0.3) is 0 Å². The highest BCUT2D eigenvalue weighted by Gasteiger charge is 2.26. The van der Waals surface area contributed by atoms with Gasteiger partial charge in [0.2, 0.25) is 5.88 Å². The molecule has 0 radical (unpaired) electrons. The molecule has 2 saturated heterocycles. The van der Waals surface area contributed by atoms with Gasteiger partial charge in [-0.3, -0.25) is 9.69 Å². The summed E-state index contributed by atoms with van der Waals surface area (Å²) in [5.41, 5.74) is 2.49. The van der Waals surface area contributed by atoms with Crippen LogP contribution < -0.4 is 4.74 Å². The van der Waals surface area contributed by atoms with Crippen LogP contribution in [0.5, 0.6) is 5.88 Å². The molecule has 1 atom stereocenters. The number of imidazole rings is 1. The summed E-state index contributed by atoms with van der Waals surface area (Å²) in [5, 5.41) is 0.360. The monoisotopic (exact) mass is 570 g/mol. The van der Waals surface area contributed by atoms with Gasteiger partial charge in [0.1, 0.15) is 18.2 Å². The Bertz CT molecular complexity index is 1290. The molecular weight excluding hydrogens is 535 g/mol. The molecule has 1 aromatic carbocycles. The van der Waals surface area contributed by atoms with Gasteiger partial charge in [-0.1, -0.05) is 23.7 Å². The third-order valence-corrected chi connectivity index (χ3v) is 7.83. The third-order valence-electron chi connectivity index (χ3n) is 7.60. The number of aryl methyl sites for hydroxylation is 1. The summed E-state index contributed by atoms with van der Waals surface area (Å²) < 4.78 is 32.9. The zero-order valence-corrected chi connectivity index (χ0v) is 23.6. The predicted octanol–water partition coefficient (Wildman–Crippen LogP) is 5.31. The predicted molar refractivity (Wildman–Crippen MR) is 149 cm³/mol. The van der Waals surface area contributed by atoms with Crippen molar-refractivity contribution in [3.8, 4) is 5.88 Å². The number of piperidine rings is 1. The summed E-state index contributed by atoms with van der Waals surface area (Å²) in [7, 11) is 0. The minimum atomic E-state index is -0.386. The van der Waals surface area contributed by atoms with E-state index in [1.165, 1.54) is 6.07 Å². The summed E-state index contributed by atoms with van der Waals surface area (Å²) in [6, 6.07) is 10.4. The molecule has 1 unspecified atom stereocenters. The second-order valence-corrected chi connectivity index (χ2v) is 10.8. The minimum Gasteiger partial charge on any atom is -0.473 e. The van der Waals surface area contributed by atoms with Crippen molar-refractivity contribution in [2.24, 2.45) is 0 Å². The molecule has 0 bridgehead atoms. The maximum absolute atomic E-state index is 14.1. The van der Waals surface area contributed by atoms with Gasteiger partial charge in [-0.2, -0.15) is 0 Å². The molecule has 0 saturated carbocycles. The molecule has 4 heterocycles. The van der Waals surface area contributed by atoms with Gasteiger partial charge in [-0.05, 0) is 63.9 Å². The van der Waals surface area contributed by atoms with E-state index in [0.717, 1.165) is 69.3 Å². The minimum absolute atomic E-state index is 0.0955. The number of carbonyl (C=O) groups excluding carboxylic acids is 1. The van der Waals surface area contributed by atoms with Crippen LogP contribution in [0, 0.1) is 5.82 Å². The van der Waals surface area contributed by atoms with E-state index in [4.69, 9.17) is 35.8 Å². The van der Waals surface area contributed by atoms with Gasteiger partial charge in [-0.25, -0.2) is 14.4 Å². The second kappa shape index (κ2) is 13.6. The lowest BCUT2D eigenvalue weighted by atomic mass is 9.93. The average Bonchev–Trinajstić information content (AvgIpc) is 3.30. The molecule has 0 spiro atoms. The van der Waals surface area contributed by atoms with E-state index < -0.39 is 0 Å². The summed E-state index contributed by atoms with van der Waals surface area (Å²) >= 11 is 5.84. The van der Waals surface area contributed by atoms with E-state index in [2.05, 4.69) is 9.47 Å². The van der Waals surface area contributed by atoms with Crippen molar-refractivity contribution in [2.75, 3.05) is 26.3 Å². The van der Waals surface area contributed by atoms with Gasteiger partial charge in [-0.15, -0.1) is 0 Å². The van der Waals surface area contributed by atoms with Crippen LogP contribution in [0.3, 0.4) is 0 Å². The lowest BCUT2D eigenvalue weighted by molar-refractivity contribution is -0.143. The molecular formula is C30H36ClFN4O4. The van der Waals surface area contributed by atoms with E-state index in [0.29, 0.717) is 41.8 Å². The number of esters is 1. The van der Waals surface area contributed by atoms with Crippen molar-refractivity contribution in [2.45, 2.75) is 70.7 Å². The van der Waals surface area contributed by atoms with Crippen molar-refractivity contribution >= 4 is 17.6 Å². The first-order valence-electron chi connectivity index (χ1n) is 14.0. The Balaban J connectivity index is 1.16. The van der Waals surface area contributed by atoms with Gasteiger partial charge in [0.05, 0.1) is 32.2 Å². The smallest absolute Gasteiger partial charge is 0.306 e. The van der Waals surface area contributed by atoms with Crippen molar-refractivity contribution in [3.63, 3.8) is 0 Å². The van der Waals surface area contributed by atoms with Gasteiger partial charge in [0, 0.05) is 46.8 Å². The third kappa shape index (κ3) is 7.38. The number of ether oxygens (including phenoxy) is 3. The Morgan fingerprint density at radius 3 is 2.75 bits per heavy atom. The van der Waals surface area contributed by atoms with Crippen molar-refractivity contribution < 1.29 is 23.4 Å². The van der Waals surface area contributed by atoms with Crippen LogP contribution in [-0.4, -0.2) is 57.8 Å². The number of aromatic nitrogens is 3. The Morgan fingerprint density at radius 2 is 2.02 bits per heavy atom. The molecule has 0 amide bonds. The summed E-state index contributed by atoms with van der Waals surface area (Å²) in [4.78, 5) is 23.8. The zero-order valence-electron chi connectivity index (χ0n) is 22.9. The molecule has 10 heteroatoms. The largest absolute Gasteiger partial charge is 0.473 e.